The Hall–Kier alpha value is -0.0800. The molecule has 124 valence electrons. The molecule has 2 saturated carbocycles. The van der Waals surface area contributed by atoms with Gasteiger partial charge < -0.3 is 5.32 Å². The third kappa shape index (κ3) is 4.22. The Morgan fingerprint density at radius 3 is 2.19 bits per heavy atom. The van der Waals surface area contributed by atoms with Crippen molar-refractivity contribution < 1.29 is 0 Å². The zero-order valence-corrected chi connectivity index (χ0v) is 15.1. The third-order valence-corrected chi connectivity index (χ3v) is 6.09. The first kappa shape index (κ1) is 17.3. The summed E-state index contributed by atoms with van der Waals surface area (Å²) >= 11 is 0. The first-order valence-electron chi connectivity index (χ1n) is 9.46. The minimum absolute atomic E-state index is 0.463. The van der Waals surface area contributed by atoms with Gasteiger partial charge >= 0.3 is 0 Å². The van der Waals surface area contributed by atoms with E-state index in [1.165, 1.54) is 51.5 Å². The maximum Gasteiger partial charge on any atom is 0.0254 e. The number of likely N-dealkylation sites (N-methyl/N-ethyl adjacent to an activating group) is 2. The third-order valence-electron chi connectivity index (χ3n) is 6.09. The van der Waals surface area contributed by atoms with E-state index in [-0.39, 0.29) is 0 Å². The molecule has 3 unspecified atom stereocenters. The van der Waals surface area contributed by atoms with Crippen molar-refractivity contribution in [1.82, 2.24) is 10.2 Å². The molecule has 0 radical (unpaired) electrons. The molecular formula is C19H38N2. The highest BCUT2D eigenvalue weighted by Crippen LogP contribution is 2.40. The second-order valence-electron chi connectivity index (χ2n) is 8.38. The summed E-state index contributed by atoms with van der Waals surface area (Å²) in [5.41, 5.74) is 0.463. The van der Waals surface area contributed by atoms with Gasteiger partial charge in [0.25, 0.3) is 0 Å². The van der Waals surface area contributed by atoms with Gasteiger partial charge in [0, 0.05) is 18.1 Å². The SMILES string of the molecule is CCNC1CCC(C(C)(C)C)CC1N(CC)C1CCCC1. The topological polar surface area (TPSA) is 15.3 Å². The van der Waals surface area contributed by atoms with Crippen LogP contribution in [0.4, 0.5) is 0 Å². The van der Waals surface area contributed by atoms with Crippen LogP contribution in [-0.4, -0.2) is 36.1 Å². The summed E-state index contributed by atoms with van der Waals surface area (Å²) in [5, 5.41) is 3.80. The van der Waals surface area contributed by atoms with Gasteiger partial charge in [0.2, 0.25) is 0 Å². The Kier molecular flexibility index (Phi) is 6.14. The van der Waals surface area contributed by atoms with Crippen LogP contribution in [-0.2, 0) is 0 Å². The lowest BCUT2D eigenvalue weighted by molar-refractivity contribution is 0.0373. The van der Waals surface area contributed by atoms with E-state index in [9.17, 15) is 0 Å². The van der Waals surface area contributed by atoms with E-state index in [1.807, 2.05) is 0 Å². The maximum atomic E-state index is 3.80. The van der Waals surface area contributed by atoms with Crippen molar-refractivity contribution >= 4 is 0 Å². The summed E-state index contributed by atoms with van der Waals surface area (Å²) < 4.78 is 0. The van der Waals surface area contributed by atoms with E-state index in [0.717, 1.165) is 24.5 Å². The monoisotopic (exact) mass is 294 g/mol. The van der Waals surface area contributed by atoms with Gasteiger partial charge in [-0.1, -0.05) is 47.5 Å². The van der Waals surface area contributed by atoms with Crippen LogP contribution in [0.25, 0.3) is 0 Å². The summed E-state index contributed by atoms with van der Waals surface area (Å²) in [7, 11) is 0. The standard InChI is InChI=1S/C19H38N2/c1-6-20-17-13-12-15(19(3,4)5)14-18(17)21(7-2)16-10-8-9-11-16/h15-18,20H,6-14H2,1-5H3. The molecule has 0 spiro atoms. The molecule has 2 aliphatic carbocycles. The molecule has 0 aliphatic heterocycles. The molecule has 0 aromatic carbocycles. The van der Waals surface area contributed by atoms with Crippen LogP contribution in [0, 0.1) is 11.3 Å². The first-order chi connectivity index (χ1) is 9.97. The lowest BCUT2D eigenvalue weighted by Gasteiger charge is -2.48. The average Bonchev–Trinajstić information content (AvgIpc) is 2.94. The van der Waals surface area contributed by atoms with Crippen LogP contribution >= 0.6 is 0 Å². The minimum Gasteiger partial charge on any atom is -0.313 e. The van der Waals surface area contributed by atoms with Crippen molar-refractivity contribution in [2.24, 2.45) is 11.3 Å². The van der Waals surface area contributed by atoms with Gasteiger partial charge in [0.05, 0.1) is 0 Å². The highest BCUT2D eigenvalue weighted by molar-refractivity contribution is 4.96. The van der Waals surface area contributed by atoms with Crippen molar-refractivity contribution in [3.05, 3.63) is 0 Å². The van der Waals surface area contributed by atoms with Gasteiger partial charge in [0.1, 0.15) is 0 Å². The smallest absolute Gasteiger partial charge is 0.0254 e. The molecule has 2 fully saturated rings. The van der Waals surface area contributed by atoms with Gasteiger partial charge in [-0.05, 0) is 56.5 Å². The minimum atomic E-state index is 0.463. The Bertz CT molecular complexity index is 301. The Labute approximate surface area is 133 Å². The molecular weight excluding hydrogens is 256 g/mol. The zero-order chi connectivity index (χ0) is 15.5. The predicted octanol–water partition coefficient (Wildman–Crippen LogP) is 4.44. The lowest BCUT2D eigenvalue weighted by Crippen LogP contribution is -2.56. The summed E-state index contributed by atoms with van der Waals surface area (Å²) in [6.07, 6.45) is 9.92. The second-order valence-corrected chi connectivity index (χ2v) is 8.38. The van der Waals surface area contributed by atoms with E-state index >= 15 is 0 Å². The molecule has 1 N–H and O–H groups in total. The molecule has 3 atom stereocenters. The van der Waals surface area contributed by atoms with E-state index in [1.54, 1.807) is 0 Å². The Morgan fingerprint density at radius 1 is 1.00 bits per heavy atom. The van der Waals surface area contributed by atoms with Crippen molar-refractivity contribution in [3.8, 4) is 0 Å². The van der Waals surface area contributed by atoms with Crippen molar-refractivity contribution in [1.29, 1.82) is 0 Å². The molecule has 2 nitrogen and oxygen atoms in total. The van der Waals surface area contributed by atoms with E-state index in [4.69, 9.17) is 0 Å². The van der Waals surface area contributed by atoms with Crippen molar-refractivity contribution in [2.45, 2.75) is 97.7 Å². The van der Waals surface area contributed by atoms with E-state index < -0.39 is 0 Å². The van der Waals surface area contributed by atoms with E-state index in [2.05, 4.69) is 44.8 Å². The average molecular weight is 295 g/mol. The molecule has 21 heavy (non-hydrogen) atoms. The largest absolute Gasteiger partial charge is 0.313 e. The molecule has 0 aromatic rings. The van der Waals surface area contributed by atoms with Crippen LogP contribution in [0.1, 0.15) is 79.6 Å². The van der Waals surface area contributed by atoms with Crippen LogP contribution < -0.4 is 5.32 Å². The zero-order valence-electron chi connectivity index (χ0n) is 15.1. The summed E-state index contributed by atoms with van der Waals surface area (Å²) in [6, 6.07) is 2.34. The molecule has 0 amide bonds. The van der Waals surface area contributed by atoms with Gasteiger partial charge in [0.15, 0.2) is 0 Å². The number of nitrogens with one attached hydrogen (secondary N) is 1. The maximum absolute atomic E-state index is 3.80. The van der Waals surface area contributed by atoms with Crippen LogP contribution in [0.3, 0.4) is 0 Å². The number of rotatable bonds is 5. The molecule has 0 bridgehead atoms. The highest BCUT2D eigenvalue weighted by Gasteiger charge is 2.40. The fourth-order valence-corrected chi connectivity index (χ4v) is 4.80. The van der Waals surface area contributed by atoms with Crippen molar-refractivity contribution in [2.75, 3.05) is 13.1 Å². The fourth-order valence-electron chi connectivity index (χ4n) is 4.80. The normalized spacial score (nSPS) is 32.0. The number of nitrogens with zero attached hydrogens (tertiary/aromatic N) is 1. The molecule has 2 heteroatoms. The number of hydrogen-bond acceptors (Lipinski definition) is 2. The van der Waals surface area contributed by atoms with Crippen LogP contribution in [0.15, 0.2) is 0 Å². The lowest BCUT2D eigenvalue weighted by atomic mass is 9.69. The quantitative estimate of drug-likeness (QED) is 0.806. The van der Waals surface area contributed by atoms with Gasteiger partial charge in [-0.2, -0.15) is 0 Å². The molecule has 0 heterocycles. The summed E-state index contributed by atoms with van der Waals surface area (Å²) in [4.78, 5) is 2.87. The van der Waals surface area contributed by atoms with Gasteiger partial charge in [-0.25, -0.2) is 0 Å². The predicted molar refractivity (Wildman–Crippen MR) is 92.7 cm³/mol. The van der Waals surface area contributed by atoms with Gasteiger partial charge in [-0.3, -0.25) is 4.90 Å². The molecule has 0 aromatic heterocycles. The first-order valence-corrected chi connectivity index (χ1v) is 9.46. The fraction of sp³-hybridized carbons (Fsp3) is 1.00. The van der Waals surface area contributed by atoms with Crippen LogP contribution in [0.2, 0.25) is 0 Å². The Morgan fingerprint density at radius 2 is 1.67 bits per heavy atom. The molecule has 2 aliphatic rings. The Balaban J connectivity index is 2.11. The second kappa shape index (κ2) is 7.46. The van der Waals surface area contributed by atoms with Gasteiger partial charge in [-0.15, -0.1) is 0 Å². The summed E-state index contributed by atoms with van der Waals surface area (Å²) in [6.45, 7) is 14.3. The number of hydrogen-bond donors (Lipinski definition) is 1. The van der Waals surface area contributed by atoms with Crippen molar-refractivity contribution in [3.63, 3.8) is 0 Å². The summed E-state index contributed by atoms with van der Waals surface area (Å²) in [5.74, 6) is 0.882. The highest BCUT2D eigenvalue weighted by atomic mass is 15.2. The molecule has 2 rings (SSSR count). The molecule has 0 saturated heterocycles. The van der Waals surface area contributed by atoms with Crippen LogP contribution in [0.5, 0.6) is 0 Å². The van der Waals surface area contributed by atoms with E-state index in [0.29, 0.717) is 11.5 Å².